The SMILES string of the molecule is CCNc1cc(C)ccc1C(=O)Nc1cccc(SC)c1. The van der Waals surface area contributed by atoms with Gasteiger partial charge in [0.1, 0.15) is 0 Å². The summed E-state index contributed by atoms with van der Waals surface area (Å²) in [6.07, 6.45) is 2.02. The number of nitrogens with one attached hydrogen (secondary N) is 2. The summed E-state index contributed by atoms with van der Waals surface area (Å²) in [6.45, 7) is 4.82. The molecule has 2 N–H and O–H groups in total. The molecule has 0 aliphatic rings. The van der Waals surface area contributed by atoms with Crippen molar-refractivity contribution >= 4 is 29.0 Å². The predicted molar refractivity (Wildman–Crippen MR) is 91.5 cm³/mol. The molecule has 0 heterocycles. The molecule has 0 unspecified atom stereocenters. The van der Waals surface area contributed by atoms with Crippen LogP contribution in [0.2, 0.25) is 0 Å². The summed E-state index contributed by atoms with van der Waals surface area (Å²) in [4.78, 5) is 13.6. The topological polar surface area (TPSA) is 41.1 Å². The first-order valence-electron chi connectivity index (χ1n) is 6.94. The highest BCUT2D eigenvalue weighted by molar-refractivity contribution is 7.98. The van der Waals surface area contributed by atoms with Gasteiger partial charge in [-0.1, -0.05) is 12.1 Å². The third kappa shape index (κ3) is 4.02. The molecular formula is C17H20N2OS. The summed E-state index contributed by atoms with van der Waals surface area (Å²) in [6, 6.07) is 13.7. The molecule has 0 aliphatic heterocycles. The molecule has 2 aromatic carbocycles. The van der Waals surface area contributed by atoms with Crippen LogP contribution in [0.1, 0.15) is 22.8 Å². The number of carbonyl (C=O) groups is 1. The van der Waals surface area contributed by atoms with Gasteiger partial charge in [-0.2, -0.15) is 0 Å². The summed E-state index contributed by atoms with van der Waals surface area (Å²) < 4.78 is 0. The van der Waals surface area contributed by atoms with E-state index in [9.17, 15) is 4.79 Å². The molecule has 110 valence electrons. The highest BCUT2D eigenvalue weighted by atomic mass is 32.2. The molecule has 21 heavy (non-hydrogen) atoms. The maximum Gasteiger partial charge on any atom is 0.257 e. The zero-order valence-corrected chi connectivity index (χ0v) is 13.4. The lowest BCUT2D eigenvalue weighted by Gasteiger charge is -2.12. The summed E-state index contributed by atoms with van der Waals surface area (Å²) in [7, 11) is 0. The maximum atomic E-state index is 12.5. The van der Waals surface area contributed by atoms with E-state index in [-0.39, 0.29) is 5.91 Å². The number of aryl methyl sites for hydroxylation is 1. The molecular weight excluding hydrogens is 280 g/mol. The average molecular weight is 300 g/mol. The van der Waals surface area contributed by atoms with E-state index in [1.807, 2.05) is 62.6 Å². The summed E-state index contributed by atoms with van der Waals surface area (Å²) in [5, 5.41) is 6.20. The second-order valence-corrected chi connectivity index (χ2v) is 5.65. The highest BCUT2D eigenvalue weighted by Gasteiger charge is 2.11. The second kappa shape index (κ2) is 7.18. The number of thioether (sulfide) groups is 1. The Morgan fingerprint density at radius 1 is 1.19 bits per heavy atom. The highest BCUT2D eigenvalue weighted by Crippen LogP contribution is 2.22. The molecule has 1 amide bonds. The molecule has 2 aromatic rings. The Kier molecular flexibility index (Phi) is 5.28. The van der Waals surface area contributed by atoms with Gasteiger partial charge in [-0.15, -0.1) is 11.8 Å². The lowest BCUT2D eigenvalue weighted by Crippen LogP contribution is -2.15. The van der Waals surface area contributed by atoms with Crippen molar-refractivity contribution in [2.45, 2.75) is 18.7 Å². The number of hydrogen-bond acceptors (Lipinski definition) is 3. The van der Waals surface area contributed by atoms with Crippen LogP contribution in [-0.2, 0) is 0 Å². The predicted octanol–water partition coefficient (Wildman–Crippen LogP) is 4.40. The van der Waals surface area contributed by atoms with Crippen LogP contribution in [0.15, 0.2) is 47.4 Å². The number of carbonyl (C=O) groups excluding carboxylic acids is 1. The van der Waals surface area contributed by atoms with Crippen molar-refractivity contribution in [3.8, 4) is 0 Å². The van der Waals surface area contributed by atoms with Crippen molar-refractivity contribution < 1.29 is 4.79 Å². The third-order valence-corrected chi connectivity index (χ3v) is 3.84. The van der Waals surface area contributed by atoms with Crippen LogP contribution >= 0.6 is 11.8 Å². The molecule has 3 nitrogen and oxygen atoms in total. The normalized spacial score (nSPS) is 10.2. The minimum absolute atomic E-state index is 0.0933. The standard InChI is InChI=1S/C17H20N2OS/c1-4-18-16-10-12(2)8-9-15(16)17(20)19-13-6-5-7-14(11-13)21-3/h5-11,18H,4H2,1-3H3,(H,19,20). The van der Waals surface area contributed by atoms with Gasteiger partial charge in [0.15, 0.2) is 0 Å². The largest absolute Gasteiger partial charge is 0.385 e. The summed E-state index contributed by atoms with van der Waals surface area (Å²) >= 11 is 1.66. The molecule has 0 spiro atoms. The van der Waals surface area contributed by atoms with Crippen LogP contribution in [0.4, 0.5) is 11.4 Å². The van der Waals surface area contributed by atoms with Crippen LogP contribution in [-0.4, -0.2) is 18.7 Å². The van der Waals surface area contributed by atoms with Crippen molar-refractivity contribution in [1.29, 1.82) is 0 Å². The van der Waals surface area contributed by atoms with Crippen molar-refractivity contribution in [1.82, 2.24) is 0 Å². The fourth-order valence-corrected chi connectivity index (χ4v) is 2.55. The number of anilines is 2. The number of benzene rings is 2. The van der Waals surface area contributed by atoms with Gasteiger partial charge < -0.3 is 10.6 Å². The Labute approximate surface area is 130 Å². The Balaban J connectivity index is 2.23. The first kappa shape index (κ1) is 15.4. The zero-order valence-electron chi connectivity index (χ0n) is 12.6. The van der Waals surface area contributed by atoms with Gasteiger partial charge in [0.05, 0.1) is 5.56 Å². The van der Waals surface area contributed by atoms with Crippen LogP contribution < -0.4 is 10.6 Å². The van der Waals surface area contributed by atoms with Crippen molar-refractivity contribution in [2.24, 2.45) is 0 Å². The molecule has 0 saturated heterocycles. The lowest BCUT2D eigenvalue weighted by molar-refractivity contribution is 0.102. The number of amides is 1. The first-order valence-corrected chi connectivity index (χ1v) is 8.16. The van der Waals surface area contributed by atoms with E-state index in [0.717, 1.165) is 28.4 Å². The Hall–Kier alpha value is -1.94. The smallest absolute Gasteiger partial charge is 0.257 e. The minimum Gasteiger partial charge on any atom is -0.385 e. The fraction of sp³-hybridized carbons (Fsp3) is 0.235. The van der Waals surface area contributed by atoms with E-state index < -0.39 is 0 Å². The molecule has 0 aromatic heterocycles. The average Bonchev–Trinajstić information content (AvgIpc) is 2.48. The molecule has 0 aliphatic carbocycles. The number of hydrogen-bond donors (Lipinski definition) is 2. The Morgan fingerprint density at radius 3 is 2.71 bits per heavy atom. The van der Waals surface area contributed by atoms with Crippen molar-refractivity contribution in [3.63, 3.8) is 0 Å². The van der Waals surface area contributed by atoms with E-state index in [1.54, 1.807) is 11.8 Å². The van der Waals surface area contributed by atoms with Gasteiger partial charge in [0.25, 0.3) is 5.91 Å². The number of rotatable bonds is 5. The molecule has 0 bridgehead atoms. The summed E-state index contributed by atoms with van der Waals surface area (Å²) in [5.41, 5.74) is 3.48. The maximum absolute atomic E-state index is 12.5. The van der Waals surface area contributed by atoms with Crippen LogP contribution in [0.25, 0.3) is 0 Å². The van der Waals surface area contributed by atoms with Gasteiger partial charge in [0.2, 0.25) is 0 Å². The van der Waals surface area contributed by atoms with Crippen LogP contribution in [0.3, 0.4) is 0 Å². The molecule has 4 heteroatoms. The Morgan fingerprint density at radius 2 is 2.00 bits per heavy atom. The van der Waals surface area contributed by atoms with Gasteiger partial charge in [0, 0.05) is 22.8 Å². The molecule has 0 saturated carbocycles. The monoisotopic (exact) mass is 300 g/mol. The van der Waals surface area contributed by atoms with Gasteiger partial charge in [-0.3, -0.25) is 4.79 Å². The quantitative estimate of drug-likeness (QED) is 0.804. The molecule has 2 rings (SSSR count). The van der Waals surface area contributed by atoms with E-state index in [1.165, 1.54) is 0 Å². The molecule has 0 fully saturated rings. The molecule has 0 radical (unpaired) electrons. The fourth-order valence-electron chi connectivity index (χ4n) is 2.09. The third-order valence-electron chi connectivity index (χ3n) is 3.11. The molecule has 0 atom stereocenters. The summed E-state index contributed by atoms with van der Waals surface area (Å²) in [5.74, 6) is -0.0933. The van der Waals surface area contributed by atoms with Crippen molar-refractivity contribution in [2.75, 3.05) is 23.4 Å². The van der Waals surface area contributed by atoms with Crippen molar-refractivity contribution in [3.05, 3.63) is 53.6 Å². The zero-order chi connectivity index (χ0) is 15.2. The minimum atomic E-state index is -0.0933. The van der Waals surface area contributed by atoms with Gasteiger partial charge in [-0.25, -0.2) is 0 Å². The van der Waals surface area contributed by atoms with E-state index >= 15 is 0 Å². The lowest BCUT2D eigenvalue weighted by atomic mass is 10.1. The van der Waals surface area contributed by atoms with E-state index in [0.29, 0.717) is 5.56 Å². The van der Waals surface area contributed by atoms with Crippen LogP contribution in [0, 0.1) is 6.92 Å². The van der Waals surface area contributed by atoms with E-state index in [2.05, 4.69) is 10.6 Å². The first-order chi connectivity index (χ1) is 10.1. The van der Waals surface area contributed by atoms with Gasteiger partial charge >= 0.3 is 0 Å². The van der Waals surface area contributed by atoms with Crippen LogP contribution in [0.5, 0.6) is 0 Å². The Bertz CT molecular complexity index is 640. The van der Waals surface area contributed by atoms with Gasteiger partial charge in [-0.05, 0) is 56.0 Å². The van der Waals surface area contributed by atoms with E-state index in [4.69, 9.17) is 0 Å². The second-order valence-electron chi connectivity index (χ2n) is 4.77.